The Bertz CT molecular complexity index is 225. The van der Waals surface area contributed by atoms with Crippen molar-refractivity contribution in [2.75, 3.05) is 7.11 Å². The van der Waals surface area contributed by atoms with Crippen LogP contribution in [0.1, 0.15) is 0 Å². The van der Waals surface area contributed by atoms with Gasteiger partial charge >= 0.3 is 24.9 Å². The van der Waals surface area contributed by atoms with Crippen LogP contribution in [0, 0.1) is 0 Å². The lowest BCUT2D eigenvalue weighted by Crippen LogP contribution is -2.13. The molecule has 0 spiro atoms. The van der Waals surface area contributed by atoms with E-state index in [2.05, 4.69) is 8.49 Å². The standard InChI is InChI=1S/C2H4F3O5PS/c1-9-11(6,2(3,4)5)10-12(7)8/h1H3,(H,7,8). The molecule has 0 aliphatic heterocycles. The number of rotatable bonds is 3. The van der Waals surface area contributed by atoms with Crippen LogP contribution in [0.2, 0.25) is 0 Å². The molecular weight excluding hydrogens is 224 g/mol. The molecule has 0 saturated carbocycles. The summed E-state index contributed by atoms with van der Waals surface area (Å²) >= 11 is -3.29. The Morgan fingerprint density at radius 3 is 2.00 bits per heavy atom. The first-order chi connectivity index (χ1) is 5.23. The van der Waals surface area contributed by atoms with E-state index in [0.29, 0.717) is 7.11 Å². The number of halogens is 3. The first kappa shape index (κ1) is 12.0. The Hall–Kier alpha value is 0.0500. The molecule has 0 bridgehead atoms. The van der Waals surface area contributed by atoms with Crippen molar-refractivity contribution in [3.63, 3.8) is 0 Å². The molecule has 0 aromatic heterocycles. The van der Waals surface area contributed by atoms with E-state index in [1.165, 1.54) is 0 Å². The summed E-state index contributed by atoms with van der Waals surface area (Å²) in [6, 6.07) is 0. The summed E-state index contributed by atoms with van der Waals surface area (Å²) < 4.78 is 69.9. The number of alkyl halides is 3. The van der Waals surface area contributed by atoms with Gasteiger partial charge in [0.15, 0.2) is 0 Å². The lowest BCUT2D eigenvalue weighted by molar-refractivity contribution is -0.0666. The summed E-state index contributed by atoms with van der Waals surface area (Å²) in [5, 5.41) is 0. The molecular formula is C2H4F3O5PS. The van der Waals surface area contributed by atoms with Crippen LogP contribution in [0.5, 0.6) is 0 Å². The topological polar surface area (TPSA) is 72.8 Å². The molecule has 2 atom stereocenters. The molecule has 0 fully saturated rings. The van der Waals surface area contributed by atoms with E-state index in [9.17, 15) is 21.9 Å². The molecule has 74 valence electrons. The van der Waals surface area contributed by atoms with Crippen LogP contribution in [0.3, 0.4) is 0 Å². The maximum absolute atomic E-state index is 11.7. The first-order valence-electron chi connectivity index (χ1n) is 2.26. The average molecular weight is 228 g/mol. The van der Waals surface area contributed by atoms with Gasteiger partial charge in [-0.3, -0.25) is 4.55 Å². The lowest BCUT2D eigenvalue weighted by Gasteiger charge is -2.15. The Balaban J connectivity index is 4.70. The minimum absolute atomic E-state index is 0.459. The van der Waals surface area contributed by atoms with E-state index in [-0.39, 0.29) is 0 Å². The van der Waals surface area contributed by atoms with Gasteiger partial charge in [0.05, 0.1) is 0 Å². The highest BCUT2D eigenvalue weighted by atomic mass is 32.2. The van der Waals surface area contributed by atoms with Gasteiger partial charge in [0.2, 0.25) is 0 Å². The van der Waals surface area contributed by atoms with Gasteiger partial charge in [-0.15, -0.1) is 0 Å². The molecule has 5 nitrogen and oxygen atoms in total. The molecule has 0 radical (unpaired) electrons. The quantitative estimate of drug-likeness (QED) is 0.585. The predicted octanol–water partition coefficient (Wildman–Crippen LogP) is 1.50. The van der Waals surface area contributed by atoms with E-state index in [1.807, 2.05) is 0 Å². The van der Waals surface area contributed by atoms with Gasteiger partial charge in [0, 0.05) is 7.11 Å². The van der Waals surface area contributed by atoms with Crippen molar-refractivity contribution in [2.45, 2.75) is 5.92 Å². The van der Waals surface area contributed by atoms with Gasteiger partial charge in [0.1, 0.15) is 0 Å². The largest absolute Gasteiger partial charge is 0.494 e. The van der Waals surface area contributed by atoms with Gasteiger partial charge in [-0.25, -0.2) is 4.57 Å². The second-order valence-corrected chi connectivity index (χ2v) is 4.34. The Morgan fingerprint density at radius 1 is 1.50 bits per heavy atom. The number of hydrogen-bond donors (Lipinski definition) is 1. The normalized spacial score (nSPS) is 20.1. The molecule has 0 heterocycles. The first-order valence-corrected chi connectivity index (χ1v) is 4.84. The molecule has 1 N–H and O–H groups in total. The molecule has 0 aliphatic carbocycles. The van der Waals surface area contributed by atoms with Crippen LogP contribution in [0.25, 0.3) is 0 Å². The summed E-state index contributed by atoms with van der Waals surface area (Å²) in [6.07, 6.45) is 0. The Kier molecular flexibility index (Phi) is 3.86. The molecule has 0 aromatic carbocycles. The zero-order valence-electron chi connectivity index (χ0n) is 5.57. The van der Waals surface area contributed by atoms with Crippen LogP contribution >= 0.6 is 7.60 Å². The van der Waals surface area contributed by atoms with Crippen molar-refractivity contribution in [1.29, 1.82) is 0 Å². The van der Waals surface area contributed by atoms with Crippen molar-refractivity contribution in [2.24, 2.45) is 0 Å². The Morgan fingerprint density at radius 2 is 1.92 bits per heavy atom. The van der Waals surface area contributed by atoms with Crippen molar-refractivity contribution >= 4 is 19.0 Å². The molecule has 0 saturated heterocycles. The highest BCUT2D eigenvalue weighted by Gasteiger charge is 2.56. The second kappa shape index (κ2) is 3.84. The predicted molar refractivity (Wildman–Crippen MR) is 32.5 cm³/mol. The van der Waals surface area contributed by atoms with Crippen molar-refractivity contribution in [3.8, 4) is 0 Å². The summed E-state index contributed by atoms with van der Waals surface area (Å²) in [7, 11) is -5.03. The minimum Gasteiger partial charge on any atom is -0.305 e. The molecule has 0 rings (SSSR count). The van der Waals surface area contributed by atoms with Crippen LogP contribution in [0.4, 0.5) is 13.2 Å². The van der Waals surface area contributed by atoms with Crippen LogP contribution in [-0.2, 0) is 24.4 Å². The van der Waals surface area contributed by atoms with E-state index in [4.69, 9.17) is 4.55 Å². The maximum atomic E-state index is 11.7. The van der Waals surface area contributed by atoms with Crippen molar-refractivity contribution < 1.29 is 35.0 Å². The van der Waals surface area contributed by atoms with E-state index in [0.717, 1.165) is 0 Å². The maximum Gasteiger partial charge on any atom is 0.494 e. The molecule has 0 amide bonds. The monoisotopic (exact) mass is 228 g/mol. The molecule has 10 heteroatoms. The molecule has 2 unspecified atom stereocenters. The molecule has 0 aromatic rings. The average Bonchev–Trinajstić information content (AvgIpc) is 1.83. The van der Waals surface area contributed by atoms with Crippen molar-refractivity contribution in [1.82, 2.24) is 0 Å². The van der Waals surface area contributed by atoms with Gasteiger partial charge in [-0.1, -0.05) is 0 Å². The Labute approximate surface area is 67.9 Å². The fourth-order valence-corrected chi connectivity index (χ4v) is 1.72. The number of hydrogen-bond acceptors (Lipinski definition) is 4. The van der Waals surface area contributed by atoms with Gasteiger partial charge in [-0.2, -0.15) is 21.4 Å². The third-order valence-corrected chi connectivity index (χ3v) is 3.11. The fourth-order valence-electron chi connectivity index (χ4n) is 0.260. The highest BCUT2D eigenvalue weighted by molar-refractivity contribution is 7.81. The summed E-state index contributed by atoms with van der Waals surface area (Å²) in [5.74, 6) is -5.31. The van der Waals surface area contributed by atoms with E-state index >= 15 is 0 Å². The highest BCUT2D eigenvalue weighted by Crippen LogP contribution is 2.62. The van der Waals surface area contributed by atoms with E-state index in [1.54, 1.807) is 0 Å². The molecule has 0 aliphatic rings. The zero-order chi connectivity index (χ0) is 9.99. The smallest absolute Gasteiger partial charge is 0.305 e. The van der Waals surface area contributed by atoms with Crippen LogP contribution in [-0.4, -0.2) is 21.8 Å². The summed E-state index contributed by atoms with van der Waals surface area (Å²) in [4.78, 5) is 0. The molecule has 12 heavy (non-hydrogen) atoms. The van der Waals surface area contributed by atoms with Gasteiger partial charge in [-0.05, 0) is 0 Å². The summed E-state index contributed by atoms with van der Waals surface area (Å²) in [5.41, 5.74) is 0. The van der Waals surface area contributed by atoms with Crippen LogP contribution in [0.15, 0.2) is 0 Å². The van der Waals surface area contributed by atoms with E-state index < -0.39 is 24.9 Å². The third-order valence-electron chi connectivity index (χ3n) is 0.713. The zero-order valence-corrected chi connectivity index (χ0v) is 7.28. The SMILES string of the molecule is COP(=O)(OS(=O)O)C(F)(F)F. The van der Waals surface area contributed by atoms with Gasteiger partial charge < -0.3 is 4.52 Å². The van der Waals surface area contributed by atoms with Crippen LogP contribution < -0.4 is 0 Å². The minimum atomic E-state index is -5.49. The second-order valence-electron chi connectivity index (χ2n) is 1.44. The third kappa shape index (κ3) is 2.83. The van der Waals surface area contributed by atoms with Crippen molar-refractivity contribution in [3.05, 3.63) is 0 Å². The van der Waals surface area contributed by atoms with Gasteiger partial charge in [0.25, 0.3) is 0 Å². The lowest BCUT2D eigenvalue weighted by atomic mass is 11.6. The summed E-state index contributed by atoms with van der Waals surface area (Å²) in [6.45, 7) is 0. The fraction of sp³-hybridized carbons (Fsp3) is 1.00.